The van der Waals surface area contributed by atoms with E-state index in [1.807, 2.05) is 61.2 Å². The molecular weight excluding hydrogens is 442 g/mol. The van der Waals surface area contributed by atoms with Crippen LogP contribution in [0.3, 0.4) is 0 Å². The lowest BCUT2D eigenvalue weighted by Crippen LogP contribution is -2.41. The molecule has 0 saturated heterocycles. The molecule has 6 heteroatoms. The highest BCUT2D eigenvalue weighted by molar-refractivity contribution is 5.98. The SMILES string of the molecule is CCOc1cc2c(cc1OCC)[C@H](c1ccc(OC)c(OC)c1)N(c1ccc(CC)cc1)C(=O)C2. The Morgan fingerprint density at radius 2 is 1.46 bits per heavy atom. The van der Waals surface area contributed by atoms with Crippen LogP contribution in [-0.2, 0) is 17.6 Å². The Hall–Kier alpha value is -3.67. The van der Waals surface area contributed by atoms with Gasteiger partial charge >= 0.3 is 0 Å². The number of amides is 1. The standard InChI is InChI=1S/C29H33NO5/c1-6-19-9-12-22(13-10-19)30-28(31)17-21-16-26(34-7-2)27(35-8-3)18-23(21)29(30)20-11-14-24(32-4)25(15-20)33-5/h9-16,18,29H,6-8,17H2,1-5H3/t29-/m0/s1. The van der Waals surface area contributed by atoms with E-state index in [2.05, 4.69) is 19.1 Å². The molecule has 1 aliphatic heterocycles. The van der Waals surface area contributed by atoms with Gasteiger partial charge in [0.25, 0.3) is 0 Å². The molecule has 1 atom stereocenters. The molecule has 1 amide bonds. The van der Waals surface area contributed by atoms with Crippen molar-refractivity contribution in [1.82, 2.24) is 0 Å². The number of aryl methyl sites for hydroxylation is 1. The molecule has 3 aromatic carbocycles. The van der Waals surface area contributed by atoms with Gasteiger partial charge in [-0.3, -0.25) is 4.79 Å². The molecule has 1 heterocycles. The molecule has 0 saturated carbocycles. The maximum absolute atomic E-state index is 13.7. The predicted octanol–water partition coefficient (Wildman–Crippen LogP) is 5.74. The number of anilines is 1. The van der Waals surface area contributed by atoms with E-state index in [-0.39, 0.29) is 18.4 Å². The molecule has 3 aromatic rings. The lowest BCUT2D eigenvalue weighted by molar-refractivity contribution is -0.118. The summed E-state index contributed by atoms with van der Waals surface area (Å²) in [6.07, 6.45) is 1.22. The highest BCUT2D eigenvalue weighted by atomic mass is 16.5. The quantitative estimate of drug-likeness (QED) is 0.395. The highest BCUT2D eigenvalue weighted by Crippen LogP contribution is 2.45. The molecule has 0 bridgehead atoms. The molecule has 1 aliphatic rings. The molecule has 4 rings (SSSR count). The van der Waals surface area contributed by atoms with E-state index in [0.29, 0.717) is 36.2 Å². The molecule has 0 radical (unpaired) electrons. The molecule has 0 aromatic heterocycles. The van der Waals surface area contributed by atoms with Gasteiger partial charge in [-0.1, -0.05) is 25.1 Å². The van der Waals surface area contributed by atoms with E-state index >= 15 is 0 Å². The van der Waals surface area contributed by atoms with Crippen molar-refractivity contribution < 1.29 is 23.7 Å². The Morgan fingerprint density at radius 1 is 0.800 bits per heavy atom. The third-order valence-corrected chi connectivity index (χ3v) is 6.31. The highest BCUT2D eigenvalue weighted by Gasteiger charge is 2.36. The maximum Gasteiger partial charge on any atom is 0.232 e. The number of methoxy groups -OCH3 is 2. The van der Waals surface area contributed by atoms with Crippen LogP contribution < -0.4 is 23.8 Å². The van der Waals surface area contributed by atoms with E-state index < -0.39 is 0 Å². The number of fused-ring (bicyclic) bond motifs is 1. The average Bonchev–Trinajstić information content (AvgIpc) is 2.88. The lowest BCUT2D eigenvalue weighted by atomic mass is 9.86. The van der Waals surface area contributed by atoms with Gasteiger partial charge < -0.3 is 23.8 Å². The monoisotopic (exact) mass is 475 g/mol. The predicted molar refractivity (Wildman–Crippen MR) is 137 cm³/mol. The van der Waals surface area contributed by atoms with Crippen molar-refractivity contribution in [3.63, 3.8) is 0 Å². The molecule has 0 aliphatic carbocycles. The van der Waals surface area contributed by atoms with E-state index in [1.54, 1.807) is 14.2 Å². The van der Waals surface area contributed by atoms with Crippen molar-refractivity contribution in [3.05, 3.63) is 76.9 Å². The molecule has 0 N–H and O–H groups in total. The van der Waals surface area contributed by atoms with Crippen LogP contribution in [0.15, 0.2) is 54.6 Å². The first-order valence-corrected chi connectivity index (χ1v) is 12.1. The molecule has 0 unspecified atom stereocenters. The number of nitrogens with zero attached hydrogens (tertiary/aromatic N) is 1. The summed E-state index contributed by atoms with van der Waals surface area (Å²) in [4.78, 5) is 15.5. The van der Waals surface area contributed by atoms with Crippen LogP contribution in [0.2, 0.25) is 0 Å². The van der Waals surface area contributed by atoms with Gasteiger partial charge in [-0.2, -0.15) is 0 Å². The van der Waals surface area contributed by atoms with E-state index in [9.17, 15) is 4.79 Å². The van der Waals surface area contributed by atoms with Crippen molar-refractivity contribution in [2.45, 2.75) is 39.7 Å². The van der Waals surface area contributed by atoms with Gasteiger partial charge in [0, 0.05) is 5.69 Å². The smallest absolute Gasteiger partial charge is 0.232 e. The third-order valence-electron chi connectivity index (χ3n) is 6.31. The maximum atomic E-state index is 13.7. The summed E-state index contributed by atoms with van der Waals surface area (Å²) in [6.45, 7) is 7.04. The molecule has 6 nitrogen and oxygen atoms in total. The van der Waals surface area contributed by atoms with Crippen LogP contribution >= 0.6 is 0 Å². The second kappa shape index (κ2) is 10.7. The number of hydrogen-bond donors (Lipinski definition) is 0. The largest absolute Gasteiger partial charge is 0.493 e. The van der Waals surface area contributed by atoms with Gasteiger partial charge in [0.05, 0.1) is 39.9 Å². The summed E-state index contributed by atoms with van der Waals surface area (Å²) in [5.74, 6) is 2.61. The fraction of sp³-hybridized carbons (Fsp3) is 0.345. The lowest BCUT2D eigenvalue weighted by Gasteiger charge is -2.38. The number of benzene rings is 3. The van der Waals surface area contributed by atoms with Gasteiger partial charge in [-0.05, 0) is 78.9 Å². The molecule has 184 valence electrons. The second-order valence-corrected chi connectivity index (χ2v) is 8.34. The summed E-state index contributed by atoms with van der Waals surface area (Å²) in [6, 6.07) is 17.6. The van der Waals surface area contributed by atoms with Crippen LogP contribution in [0.25, 0.3) is 0 Å². The van der Waals surface area contributed by atoms with E-state index in [1.165, 1.54) is 5.56 Å². The van der Waals surface area contributed by atoms with Crippen molar-refractivity contribution >= 4 is 11.6 Å². The zero-order valence-corrected chi connectivity index (χ0v) is 21.1. The number of rotatable bonds is 9. The Labute approximate surface area is 207 Å². The van der Waals surface area contributed by atoms with E-state index in [0.717, 1.165) is 28.8 Å². The number of carbonyl (C=O) groups excluding carboxylic acids is 1. The minimum atomic E-state index is -0.367. The van der Waals surface area contributed by atoms with Crippen molar-refractivity contribution in [2.24, 2.45) is 0 Å². The number of hydrogen-bond acceptors (Lipinski definition) is 5. The van der Waals surface area contributed by atoms with Gasteiger partial charge in [-0.15, -0.1) is 0 Å². The summed E-state index contributed by atoms with van der Waals surface area (Å²) in [7, 11) is 3.23. The minimum absolute atomic E-state index is 0.0214. The van der Waals surface area contributed by atoms with Crippen LogP contribution in [-0.4, -0.2) is 33.3 Å². The van der Waals surface area contributed by atoms with E-state index in [4.69, 9.17) is 18.9 Å². The summed E-state index contributed by atoms with van der Waals surface area (Å²) >= 11 is 0. The number of ether oxygens (including phenoxy) is 4. The van der Waals surface area contributed by atoms with Gasteiger partial charge in [0.15, 0.2) is 23.0 Å². The topological polar surface area (TPSA) is 57.2 Å². The Balaban J connectivity index is 1.93. The van der Waals surface area contributed by atoms with Crippen LogP contribution in [0.1, 0.15) is 49.1 Å². The second-order valence-electron chi connectivity index (χ2n) is 8.34. The van der Waals surface area contributed by atoms with Crippen LogP contribution in [0.4, 0.5) is 5.69 Å². The van der Waals surface area contributed by atoms with Crippen LogP contribution in [0, 0.1) is 0 Å². The molecule has 35 heavy (non-hydrogen) atoms. The molecular formula is C29H33NO5. The minimum Gasteiger partial charge on any atom is -0.493 e. The Bertz CT molecular complexity index is 1190. The van der Waals surface area contributed by atoms with Gasteiger partial charge in [0.1, 0.15) is 0 Å². The fourth-order valence-electron chi connectivity index (χ4n) is 4.63. The van der Waals surface area contributed by atoms with Crippen molar-refractivity contribution in [1.29, 1.82) is 0 Å². The summed E-state index contributed by atoms with van der Waals surface area (Å²) in [5, 5.41) is 0. The normalized spacial score (nSPS) is 14.9. The molecule has 0 spiro atoms. The first kappa shape index (κ1) is 24.5. The Kier molecular flexibility index (Phi) is 7.49. The zero-order valence-electron chi connectivity index (χ0n) is 21.1. The van der Waals surface area contributed by atoms with Gasteiger partial charge in [0.2, 0.25) is 5.91 Å². The zero-order chi connectivity index (χ0) is 24.9. The van der Waals surface area contributed by atoms with Crippen molar-refractivity contribution in [3.8, 4) is 23.0 Å². The summed E-state index contributed by atoms with van der Waals surface area (Å²) < 4.78 is 22.8. The number of carbonyl (C=O) groups is 1. The van der Waals surface area contributed by atoms with Gasteiger partial charge in [-0.25, -0.2) is 0 Å². The Morgan fingerprint density at radius 3 is 2.06 bits per heavy atom. The van der Waals surface area contributed by atoms with Crippen molar-refractivity contribution in [2.75, 3.05) is 32.3 Å². The first-order chi connectivity index (χ1) is 17.0. The molecule has 0 fully saturated rings. The first-order valence-electron chi connectivity index (χ1n) is 12.1. The average molecular weight is 476 g/mol. The third kappa shape index (κ3) is 4.78. The summed E-state index contributed by atoms with van der Waals surface area (Å²) in [5.41, 5.74) is 4.93. The van der Waals surface area contributed by atoms with Crippen LogP contribution in [0.5, 0.6) is 23.0 Å². The fourth-order valence-corrected chi connectivity index (χ4v) is 4.63.